The van der Waals surface area contributed by atoms with Gasteiger partial charge in [-0.15, -0.1) is 0 Å². The average Bonchev–Trinajstić information content (AvgIpc) is 3.37. The maximum Gasteiger partial charge on any atom is 0.265 e. The number of H-pyrrole nitrogens is 1. The minimum atomic E-state index is -3.89. The predicted molar refractivity (Wildman–Crippen MR) is 114 cm³/mol. The number of aromatic nitrogens is 2. The SMILES string of the molecule is Cc1ccc(NS(=O)(=O)c2cc(-c3[nH]ncc3C(=O)N3CCOCC3)oc2C)cc1C. The summed E-state index contributed by atoms with van der Waals surface area (Å²) in [4.78, 5) is 14.6. The highest BCUT2D eigenvalue weighted by molar-refractivity contribution is 7.92. The van der Waals surface area contributed by atoms with Gasteiger partial charge in [0.15, 0.2) is 5.76 Å². The van der Waals surface area contributed by atoms with Crippen molar-refractivity contribution in [2.75, 3.05) is 31.0 Å². The monoisotopic (exact) mass is 444 g/mol. The molecular formula is C21H24N4O5S. The Hall–Kier alpha value is -3.11. The molecule has 0 spiro atoms. The van der Waals surface area contributed by atoms with Crippen LogP contribution in [0.25, 0.3) is 11.5 Å². The van der Waals surface area contributed by atoms with Gasteiger partial charge in [-0.05, 0) is 44.0 Å². The number of anilines is 1. The summed E-state index contributed by atoms with van der Waals surface area (Å²) in [5.41, 5.74) is 3.18. The predicted octanol–water partition coefficient (Wildman–Crippen LogP) is 2.87. The third-order valence-electron chi connectivity index (χ3n) is 5.34. The molecule has 31 heavy (non-hydrogen) atoms. The summed E-state index contributed by atoms with van der Waals surface area (Å²) in [5, 5.41) is 6.73. The molecule has 10 heteroatoms. The summed E-state index contributed by atoms with van der Waals surface area (Å²) in [6.45, 7) is 7.37. The van der Waals surface area contributed by atoms with Crippen molar-refractivity contribution in [3.8, 4) is 11.5 Å². The van der Waals surface area contributed by atoms with Crippen LogP contribution in [0.1, 0.15) is 27.2 Å². The van der Waals surface area contributed by atoms with Crippen molar-refractivity contribution in [3.05, 3.63) is 52.9 Å². The van der Waals surface area contributed by atoms with E-state index in [4.69, 9.17) is 9.15 Å². The average molecular weight is 445 g/mol. The fraction of sp³-hybridized carbons (Fsp3) is 0.333. The van der Waals surface area contributed by atoms with Crippen LogP contribution in [0.5, 0.6) is 0 Å². The van der Waals surface area contributed by atoms with Crippen molar-refractivity contribution >= 4 is 21.6 Å². The van der Waals surface area contributed by atoms with Gasteiger partial charge in [-0.3, -0.25) is 14.6 Å². The maximum atomic E-state index is 13.0. The first kappa shape index (κ1) is 21.1. The molecule has 0 unspecified atom stereocenters. The van der Waals surface area contributed by atoms with E-state index in [1.54, 1.807) is 24.0 Å². The fourth-order valence-electron chi connectivity index (χ4n) is 3.44. The summed E-state index contributed by atoms with van der Waals surface area (Å²) in [6.07, 6.45) is 1.42. The number of rotatable bonds is 5. The number of sulfonamides is 1. The van der Waals surface area contributed by atoms with Crippen LogP contribution in [0.15, 0.2) is 39.8 Å². The number of aryl methyl sites for hydroxylation is 3. The van der Waals surface area contributed by atoms with E-state index < -0.39 is 10.0 Å². The lowest BCUT2D eigenvalue weighted by molar-refractivity contribution is 0.0303. The van der Waals surface area contributed by atoms with Gasteiger partial charge in [0.1, 0.15) is 16.3 Å². The first-order chi connectivity index (χ1) is 14.8. The molecule has 1 fully saturated rings. The van der Waals surface area contributed by atoms with E-state index in [0.29, 0.717) is 43.2 Å². The molecule has 0 bridgehead atoms. The number of benzene rings is 1. The van der Waals surface area contributed by atoms with Crippen LogP contribution >= 0.6 is 0 Å². The molecule has 0 saturated carbocycles. The van der Waals surface area contributed by atoms with Crippen molar-refractivity contribution in [1.82, 2.24) is 15.1 Å². The Bertz CT molecular complexity index is 1220. The van der Waals surface area contributed by atoms with E-state index in [0.717, 1.165) is 11.1 Å². The van der Waals surface area contributed by atoms with E-state index in [9.17, 15) is 13.2 Å². The molecule has 1 saturated heterocycles. The van der Waals surface area contributed by atoms with Gasteiger partial charge in [-0.25, -0.2) is 8.42 Å². The van der Waals surface area contributed by atoms with Gasteiger partial charge in [-0.2, -0.15) is 5.10 Å². The summed E-state index contributed by atoms with van der Waals surface area (Å²) in [5.74, 6) is 0.233. The standard InChI is InChI=1S/C21H24N4O5S/c1-13-4-5-16(10-14(13)2)24-31(27,28)19-11-18(30-15(19)3)20-17(12-22-23-20)21(26)25-6-8-29-9-7-25/h4-5,10-12,24H,6-9H2,1-3H3,(H,22,23). The molecule has 3 heterocycles. The number of ether oxygens (including phenoxy) is 1. The van der Waals surface area contributed by atoms with Gasteiger partial charge in [0, 0.05) is 24.8 Å². The molecule has 1 amide bonds. The molecule has 2 N–H and O–H groups in total. The van der Waals surface area contributed by atoms with E-state index in [1.807, 2.05) is 19.9 Å². The highest BCUT2D eigenvalue weighted by Gasteiger charge is 2.27. The number of nitrogens with one attached hydrogen (secondary N) is 2. The first-order valence-corrected chi connectivity index (χ1v) is 11.4. The second-order valence-corrected chi connectivity index (χ2v) is 9.15. The molecule has 1 aliphatic rings. The number of amides is 1. The minimum absolute atomic E-state index is 0.0000922. The Balaban J connectivity index is 1.63. The Morgan fingerprint density at radius 1 is 1.13 bits per heavy atom. The Morgan fingerprint density at radius 2 is 1.87 bits per heavy atom. The zero-order valence-corrected chi connectivity index (χ0v) is 18.4. The van der Waals surface area contributed by atoms with Crippen LogP contribution in [0.2, 0.25) is 0 Å². The van der Waals surface area contributed by atoms with Gasteiger partial charge in [0.25, 0.3) is 15.9 Å². The third kappa shape index (κ3) is 4.21. The molecule has 4 rings (SSSR count). The maximum absolute atomic E-state index is 13.0. The van der Waals surface area contributed by atoms with Crippen LogP contribution in [-0.2, 0) is 14.8 Å². The molecular weight excluding hydrogens is 420 g/mol. The first-order valence-electron chi connectivity index (χ1n) is 9.87. The van der Waals surface area contributed by atoms with Crippen molar-refractivity contribution in [1.29, 1.82) is 0 Å². The lowest BCUT2D eigenvalue weighted by atomic mass is 10.1. The molecule has 0 atom stereocenters. The van der Waals surface area contributed by atoms with E-state index in [1.165, 1.54) is 12.3 Å². The molecule has 0 aliphatic carbocycles. The van der Waals surface area contributed by atoms with Crippen LogP contribution in [0, 0.1) is 20.8 Å². The molecule has 0 radical (unpaired) electrons. The van der Waals surface area contributed by atoms with Crippen molar-refractivity contribution in [3.63, 3.8) is 0 Å². The van der Waals surface area contributed by atoms with Gasteiger partial charge in [-0.1, -0.05) is 6.07 Å². The van der Waals surface area contributed by atoms with Gasteiger partial charge in [0.05, 0.1) is 25.0 Å². The quantitative estimate of drug-likeness (QED) is 0.625. The van der Waals surface area contributed by atoms with Gasteiger partial charge >= 0.3 is 0 Å². The van der Waals surface area contributed by atoms with Crippen LogP contribution in [0.4, 0.5) is 5.69 Å². The van der Waals surface area contributed by atoms with Crippen LogP contribution < -0.4 is 4.72 Å². The lowest BCUT2D eigenvalue weighted by Gasteiger charge is -2.26. The summed E-state index contributed by atoms with van der Waals surface area (Å²) in [6, 6.07) is 6.75. The Morgan fingerprint density at radius 3 is 2.58 bits per heavy atom. The second-order valence-electron chi connectivity index (χ2n) is 7.50. The normalized spacial score (nSPS) is 14.6. The lowest BCUT2D eigenvalue weighted by Crippen LogP contribution is -2.40. The van der Waals surface area contributed by atoms with Crippen molar-refractivity contribution in [2.45, 2.75) is 25.7 Å². The number of nitrogens with zero attached hydrogens (tertiary/aromatic N) is 2. The summed E-state index contributed by atoms with van der Waals surface area (Å²) < 4.78 is 39.6. The number of furan rings is 1. The topological polar surface area (TPSA) is 118 Å². The van der Waals surface area contributed by atoms with Crippen LogP contribution in [0.3, 0.4) is 0 Å². The van der Waals surface area contributed by atoms with Gasteiger partial charge in [0.2, 0.25) is 0 Å². The summed E-state index contributed by atoms with van der Waals surface area (Å²) in [7, 11) is -3.89. The number of carbonyl (C=O) groups excluding carboxylic acids is 1. The molecule has 1 aromatic carbocycles. The Kier molecular flexibility index (Phi) is 5.59. The Labute approximate surface area is 180 Å². The zero-order valence-electron chi connectivity index (χ0n) is 17.6. The number of morpholine rings is 1. The molecule has 164 valence electrons. The molecule has 3 aromatic rings. The molecule has 2 aromatic heterocycles. The third-order valence-corrected chi connectivity index (χ3v) is 6.82. The van der Waals surface area contributed by atoms with E-state index in [-0.39, 0.29) is 22.3 Å². The minimum Gasteiger partial charge on any atom is -0.458 e. The van der Waals surface area contributed by atoms with Crippen molar-refractivity contribution < 1.29 is 22.4 Å². The number of aromatic amines is 1. The van der Waals surface area contributed by atoms with Crippen LogP contribution in [-0.4, -0.2) is 55.7 Å². The fourth-order valence-corrected chi connectivity index (χ4v) is 4.67. The molecule has 1 aliphatic heterocycles. The highest BCUT2D eigenvalue weighted by atomic mass is 32.2. The largest absolute Gasteiger partial charge is 0.458 e. The molecule has 9 nitrogen and oxygen atoms in total. The smallest absolute Gasteiger partial charge is 0.265 e. The van der Waals surface area contributed by atoms with E-state index in [2.05, 4.69) is 14.9 Å². The zero-order chi connectivity index (χ0) is 22.2. The van der Waals surface area contributed by atoms with E-state index >= 15 is 0 Å². The number of carbonyl (C=O) groups is 1. The second kappa shape index (κ2) is 8.20. The number of hydrogen-bond donors (Lipinski definition) is 2. The highest BCUT2D eigenvalue weighted by Crippen LogP contribution is 2.31. The number of hydrogen-bond acceptors (Lipinski definition) is 6. The van der Waals surface area contributed by atoms with Crippen molar-refractivity contribution in [2.24, 2.45) is 0 Å². The summed E-state index contributed by atoms with van der Waals surface area (Å²) >= 11 is 0. The van der Waals surface area contributed by atoms with Gasteiger partial charge < -0.3 is 14.1 Å².